The van der Waals surface area contributed by atoms with Gasteiger partial charge in [0.1, 0.15) is 0 Å². The van der Waals surface area contributed by atoms with E-state index < -0.39 is 0 Å². The molecule has 0 aromatic rings. The van der Waals surface area contributed by atoms with Gasteiger partial charge in [-0.05, 0) is 38.4 Å². The molecule has 1 atom stereocenters. The summed E-state index contributed by atoms with van der Waals surface area (Å²) in [4.78, 5) is 0. The average Bonchev–Trinajstić information content (AvgIpc) is 2.30. The molecule has 2 N–H and O–H groups in total. The van der Waals surface area contributed by atoms with E-state index in [-0.39, 0.29) is 6.10 Å². The molecule has 4 heteroatoms. The summed E-state index contributed by atoms with van der Waals surface area (Å²) in [6.45, 7) is 9.26. The highest BCUT2D eigenvalue weighted by atomic mass is 16.5. The standard InChI is InChI=1S/C13H30N2O2/c1-12(2)9-14-7-5-6-8-15-10-13(17-4)11-16-3/h12-15H,5-11H2,1-4H3. The third kappa shape index (κ3) is 12.1. The first-order valence-electron chi connectivity index (χ1n) is 6.63. The van der Waals surface area contributed by atoms with Gasteiger partial charge in [-0.25, -0.2) is 0 Å². The van der Waals surface area contributed by atoms with E-state index in [0.29, 0.717) is 6.61 Å². The Bertz CT molecular complexity index is 154. The minimum Gasteiger partial charge on any atom is -0.382 e. The van der Waals surface area contributed by atoms with Crippen LogP contribution in [-0.4, -0.2) is 53.1 Å². The maximum atomic E-state index is 5.26. The zero-order valence-corrected chi connectivity index (χ0v) is 11.9. The monoisotopic (exact) mass is 246 g/mol. The molecule has 0 aromatic carbocycles. The van der Waals surface area contributed by atoms with Crippen LogP contribution in [0.2, 0.25) is 0 Å². The Hall–Kier alpha value is -0.160. The number of hydrogen-bond donors (Lipinski definition) is 2. The van der Waals surface area contributed by atoms with Crippen LogP contribution in [0.15, 0.2) is 0 Å². The van der Waals surface area contributed by atoms with Crippen molar-refractivity contribution in [1.29, 1.82) is 0 Å². The largest absolute Gasteiger partial charge is 0.382 e. The molecule has 0 fully saturated rings. The van der Waals surface area contributed by atoms with Crippen molar-refractivity contribution >= 4 is 0 Å². The molecule has 0 bridgehead atoms. The van der Waals surface area contributed by atoms with E-state index in [9.17, 15) is 0 Å². The maximum Gasteiger partial charge on any atom is 0.0928 e. The van der Waals surface area contributed by atoms with Crippen LogP contribution in [0.3, 0.4) is 0 Å². The quantitative estimate of drug-likeness (QED) is 0.509. The zero-order valence-electron chi connectivity index (χ0n) is 11.9. The summed E-state index contributed by atoms with van der Waals surface area (Å²) in [6.07, 6.45) is 2.59. The van der Waals surface area contributed by atoms with Gasteiger partial charge in [0.05, 0.1) is 12.7 Å². The lowest BCUT2D eigenvalue weighted by Crippen LogP contribution is -2.32. The van der Waals surface area contributed by atoms with Crippen LogP contribution in [0.5, 0.6) is 0 Å². The highest BCUT2D eigenvalue weighted by molar-refractivity contribution is 4.60. The van der Waals surface area contributed by atoms with Gasteiger partial charge in [0.25, 0.3) is 0 Å². The second kappa shape index (κ2) is 12.3. The molecule has 0 saturated carbocycles. The molecule has 0 rings (SSSR count). The first-order valence-corrected chi connectivity index (χ1v) is 6.63. The third-order valence-electron chi connectivity index (χ3n) is 2.57. The number of unbranched alkanes of at least 4 members (excludes halogenated alkanes) is 1. The molecule has 1 unspecified atom stereocenters. The van der Waals surface area contributed by atoms with Crippen LogP contribution < -0.4 is 10.6 Å². The first kappa shape index (κ1) is 16.8. The molecular weight excluding hydrogens is 216 g/mol. The number of hydrogen-bond acceptors (Lipinski definition) is 4. The van der Waals surface area contributed by atoms with Crippen molar-refractivity contribution < 1.29 is 9.47 Å². The van der Waals surface area contributed by atoms with Crippen LogP contribution in [-0.2, 0) is 9.47 Å². The van der Waals surface area contributed by atoms with Crippen LogP contribution in [0.4, 0.5) is 0 Å². The van der Waals surface area contributed by atoms with Gasteiger partial charge in [-0.15, -0.1) is 0 Å². The first-order chi connectivity index (χ1) is 8.20. The maximum absolute atomic E-state index is 5.26. The Kier molecular flexibility index (Phi) is 12.2. The SMILES string of the molecule is COCC(CNCCCCNCC(C)C)OC. The summed E-state index contributed by atoms with van der Waals surface area (Å²) in [7, 11) is 3.42. The van der Waals surface area contributed by atoms with Gasteiger partial charge in [0.2, 0.25) is 0 Å². The fraction of sp³-hybridized carbons (Fsp3) is 1.00. The van der Waals surface area contributed by atoms with E-state index >= 15 is 0 Å². The minimum atomic E-state index is 0.166. The Balaban J connectivity index is 3.17. The van der Waals surface area contributed by atoms with Crippen molar-refractivity contribution in [1.82, 2.24) is 10.6 Å². The normalized spacial score (nSPS) is 13.2. The highest BCUT2D eigenvalue weighted by Crippen LogP contribution is 1.91. The third-order valence-corrected chi connectivity index (χ3v) is 2.57. The smallest absolute Gasteiger partial charge is 0.0928 e. The minimum absolute atomic E-state index is 0.166. The van der Waals surface area contributed by atoms with Crippen molar-refractivity contribution in [2.45, 2.75) is 32.8 Å². The summed E-state index contributed by atoms with van der Waals surface area (Å²) in [5.41, 5.74) is 0. The Morgan fingerprint density at radius 3 is 2.00 bits per heavy atom. The predicted molar refractivity (Wildman–Crippen MR) is 72.5 cm³/mol. The van der Waals surface area contributed by atoms with Gasteiger partial charge < -0.3 is 20.1 Å². The summed E-state index contributed by atoms with van der Waals surface area (Å²) >= 11 is 0. The molecule has 0 amide bonds. The molecular formula is C13H30N2O2. The second-order valence-corrected chi connectivity index (χ2v) is 4.82. The van der Waals surface area contributed by atoms with Gasteiger partial charge in [0.15, 0.2) is 0 Å². The molecule has 0 aliphatic carbocycles. The summed E-state index contributed by atoms with van der Waals surface area (Å²) in [5.74, 6) is 0.740. The Labute approximate surface area is 106 Å². The number of ether oxygens (including phenoxy) is 2. The molecule has 4 nitrogen and oxygen atoms in total. The Morgan fingerprint density at radius 1 is 0.941 bits per heavy atom. The number of rotatable bonds is 12. The summed E-state index contributed by atoms with van der Waals surface area (Å²) < 4.78 is 10.3. The molecule has 17 heavy (non-hydrogen) atoms. The van der Waals surface area contributed by atoms with Crippen LogP contribution >= 0.6 is 0 Å². The Morgan fingerprint density at radius 2 is 1.53 bits per heavy atom. The lowest BCUT2D eigenvalue weighted by molar-refractivity contribution is 0.0290. The van der Waals surface area contributed by atoms with Gasteiger partial charge in [-0.2, -0.15) is 0 Å². The molecule has 0 heterocycles. The van der Waals surface area contributed by atoms with E-state index in [1.165, 1.54) is 12.8 Å². The molecule has 0 aliphatic rings. The van der Waals surface area contributed by atoms with E-state index in [1.807, 2.05) is 0 Å². The highest BCUT2D eigenvalue weighted by Gasteiger charge is 2.04. The van der Waals surface area contributed by atoms with Gasteiger partial charge in [0, 0.05) is 20.8 Å². The topological polar surface area (TPSA) is 42.5 Å². The van der Waals surface area contributed by atoms with Crippen LogP contribution in [0, 0.1) is 5.92 Å². The van der Waals surface area contributed by atoms with Crippen LogP contribution in [0.1, 0.15) is 26.7 Å². The van der Waals surface area contributed by atoms with E-state index in [4.69, 9.17) is 9.47 Å². The molecule has 0 saturated heterocycles. The molecule has 0 spiro atoms. The molecule has 104 valence electrons. The van der Waals surface area contributed by atoms with Crippen molar-refractivity contribution in [3.8, 4) is 0 Å². The summed E-state index contributed by atoms with van der Waals surface area (Å²) in [6, 6.07) is 0. The average molecular weight is 246 g/mol. The van der Waals surface area contributed by atoms with Crippen molar-refractivity contribution in [3.63, 3.8) is 0 Å². The van der Waals surface area contributed by atoms with Crippen molar-refractivity contribution in [3.05, 3.63) is 0 Å². The van der Waals surface area contributed by atoms with Gasteiger partial charge >= 0.3 is 0 Å². The number of nitrogens with one attached hydrogen (secondary N) is 2. The lowest BCUT2D eigenvalue weighted by atomic mass is 10.2. The van der Waals surface area contributed by atoms with E-state index in [0.717, 1.165) is 32.1 Å². The zero-order chi connectivity index (χ0) is 12.9. The van der Waals surface area contributed by atoms with Gasteiger partial charge in [-0.3, -0.25) is 0 Å². The fourth-order valence-corrected chi connectivity index (χ4v) is 1.55. The van der Waals surface area contributed by atoms with Crippen LogP contribution in [0.25, 0.3) is 0 Å². The predicted octanol–water partition coefficient (Wildman–Crippen LogP) is 1.26. The number of methoxy groups -OCH3 is 2. The van der Waals surface area contributed by atoms with Crippen molar-refractivity contribution in [2.75, 3.05) is 47.0 Å². The second-order valence-electron chi connectivity index (χ2n) is 4.82. The fourth-order valence-electron chi connectivity index (χ4n) is 1.55. The van der Waals surface area contributed by atoms with Crippen molar-refractivity contribution in [2.24, 2.45) is 5.92 Å². The lowest BCUT2D eigenvalue weighted by Gasteiger charge is -2.15. The summed E-state index contributed by atoms with van der Waals surface area (Å²) in [5, 5.41) is 6.83. The molecule has 0 radical (unpaired) electrons. The van der Waals surface area contributed by atoms with E-state index in [1.54, 1.807) is 14.2 Å². The molecule has 0 aromatic heterocycles. The van der Waals surface area contributed by atoms with Gasteiger partial charge in [-0.1, -0.05) is 13.8 Å². The molecule has 0 aliphatic heterocycles. The van der Waals surface area contributed by atoms with E-state index in [2.05, 4.69) is 24.5 Å².